The lowest BCUT2D eigenvalue weighted by atomic mass is 10.1. The van der Waals surface area contributed by atoms with E-state index in [1.807, 2.05) is 60.7 Å². The fourth-order valence-corrected chi connectivity index (χ4v) is 2.41. The molecule has 2 atom stereocenters. The molecule has 128 valence electrons. The van der Waals surface area contributed by atoms with Crippen LogP contribution >= 0.6 is 0 Å². The lowest BCUT2D eigenvalue weighted by Crippen LogP contribution is -2.42. The van der Waals surface area contributed by atoms with Crippen molar-refractivity contribution < 1.29 is 23.8 Å². The van der Waals surface area contributed by atoms with Gasteiger partial charge in [0.15, 0.2) is 0 Å². The Balaban J connectivity index is 1.61. The van der Waals surface area contributed by atoms with Crippen LogP contribution in [0.2, 0.25) is 0 Å². The molecular formula is C20H18O5. The summed E-state index contributed by atoms with van der Waals surface area (Å²) >= 11 is 0. The van der Waals surface area contributed by atoms with Crippen LogP contribution in [0.1, 0.15) is 11.1 Å². The van der Waals surface area contributed by atoms with Crippen LogP contribution in [0, 0.1) is 0 Å². The van der Waals surface area contributed by atoms with E-state index in [1.54, 1.807) is 0 Å². The van der Waals surface area contributed by atoms with Crippen molar-refractivity contribution in [2.24, 2.45) is 0 Å². The molecule has 0 aliphatic carbocycles. The number of hydrogen-bond donors (Lipinski definition) is 0. The van der Waals surface area contributed by atoms with Crippen LogP contribution in [-0.4, -0.2) is 24.1 Å². The van der Waals surface area contributed by atoms with Gasteiger partial charge in [0.2, 0.25) is 6.10 Å². The summed E-state index contributed by atoms with van der Waals surface area (Å²) in [4.78, 5) is 23.8. The van der Waals surface area contributed by atoms with E-state index in [9.17, 15) is 9.59 Å². The standard InChI is InChI=1S/C20H18O5/c21-18-12-11-17(23-13-15-7-3-1-4-8-15)19(25-18)20(22)24-14-16-9-5-2-6-10-16/h1-12,17,19H,13-14H2/t17-,19+/m1/s1. The Kier molecular flexibility index (Phi) is 5.59. The Morgan fingerprint density at radius 3 is 2.16 bits per heavy atom. The quantitative estimate of drug-likeness (QED) is 0.758. The smallest absolute Gasteiger partial charge is 0.350 e. The molecule has 0 fully saturated rings. The molecule has 3 rings (SSSR count). The second-order valence-corrected chi connectivity index (χ2v) is 5.57. The predicted octanol–water partition coefficient (Wildman–Crippen LogP) is 2.80. The average Bonchev–Trinajstić information content (AvgIpc) is 2.66. The molecule has 0 amide bonds. The highest BCUT2D eigenvalue weighted by molar-refractivity contribution is 5.88. The van der Waals surface area contributed by atoms with Gasteiger partial charge < -0.3 is 14.2 Å². The number of esters is 2. The first-order valence-electron chi connectivity index (χ1n) is 7.97. The molecular weight excluding hydrogens is 320 g/mol. The Bertz CT molecular complexity index is 739. The monoisotopic (exact) mass is 338 g/mol. The first-order chi connectivity index (χ1) is 12.2. The van der Waals surface area contributed by atoms with Gasteiger partial charge >= 0.3 is 11.9 Å². The number of cyclic esters (lactones) is 1. The summed E-state index contributed by atoms with van der Waals surface area (Å²) in [6, 6.07) is 18.9. The minimum Gasteiger partial charge on any atom is -0.458 e. The average molecular weight is 338 g/mol. The number of benzene rings is 2. The van der Waals surface area contributed by atoms with Crippen LogP contribution in [0.4, 0.5) is 0 Å². The van der Waals surface area contributed by atoms with E-state index < -0.39 is 24.1 Å². The van der Waals surface area contributed by atoms with E-state index >= 15 is 0 Å². The van der Waals surface area contributed by atoms with Gasteiger partial charge in [0, 0.05) is 6.08 Å². The molecule has 0 saturated heterocycles. The molecule has 1 aliphatic heterocycles. The third-order valence-corrected chi connectivity index (χ3v) is 3.70. The maximum atomic E-state index is 12.3. The minimum atomic E-state index is -1.11. The summed E-state index contributed by atoms with van der Waals surface area (Å²) in [5, 5.41) is 0. The highest BCUT2D eigenvalue weighted by Gasteiger charge is 2.35. The van der Waals surface area contributed by atoms with Gasteiger partial charge in [-0.3, -0.25) is 0 Å². The molecule has 5 nitrogen and oxygen atoms in total. The van der Waals surface area contributed by atoms with E-state index in [0.29, 0.717) is 6.61 Å². The Morgan fingerprint density at radius 2 is 1.52 bits per heavy atom. The van der Waals surface area contributed by atoms with Crippen LogP contribution in [0.15, 0.2) is 72.8 Å². The predicted molar refractivity (Wildman–Crippen MR) is 90.3 cm³/mol. The molecule has 0 spiro atoms. The summed E-state index contributed by atoms with van der Waals surface area (Å²) in [7, 11) is 0. The van der Waals surface area contributed by atoms with Crippen LogP contribution < -0.4 is 0 Å². The molecule has 2 aromatic carbocycles. The van der Waals surface area contributed by atoms with Crippen molar-refractivity contribution in [1.29, 1.82) is 0 Å². The molecule has 0 radical (unpaired) electrons. The summed E-state index contributed by atoms with van der Waals surface area (Å²) < 4.78 is 16.1. The highest BCUT2D eigenvalue weighted by Crippen LogP contribution is 2.17. The van der Waals surface area contributed by atoms with E-state index in [2.05, 4.69) is 0 Å². The molecule has 25 heavy (non-hydrogen) atoms. The van der Waals surface area contributed by atoms with E-state index in [-0.39, 0.29) is 6.61 Å². The molecule has 1 aliphatic rings. The summed E-state index contributed by atoms with van der Waals surface area (Å²) in [5.41, 5.74) is 1.82. The molecule has 2 aromatic rings. The number of carbonyl (C=O) groups is 2. The fourth-order valence-electron chi connectivity index (χ4n) is 2.41. The Labute approximate surface area is 145 Å². The van der Waals surface area contributed by atoms with E-state index in [1.165, 1.54) is 12.2 Å². The second-order valence-electron chi connectivity index (χ2n) is 5.57. The van der Waals surface area contributed by atoms with Gasteiger partial charge in [0.05, 0.1) is 6.61 Å². The van der Waals surface area contributed by atoms with E-state index in [4.69, 9.17) is 14.2 Å². The van der Waals surface area contributed by atoms with Crippen LogP contribution in [0.25, 0.3) is 0 Å². The second kappa shape index (κ2) is 8.26. The summed E-state index contributed by atoms with van der Waals surface area (Å²) in [6.07, 6.45) is 1.01. The fraction of sp³-hybridized carbons (Fsp3) is 0.200. The highest BCUT2D eigenvalue weighted by atomic mass is 16.6. The van der Waals surface area contributed by atoms with Gasteiger partial charge in [-0.2, -0.15) is 0 Å². The van der Waals surface area contributed by atoms with Gasteiger partial charge in [0.1, 0.15) is 12.7 Å². The molecule has 1 heterocycles. The first kappa shape index (κ1) is 16.9. The third-order valence-electron chi connectivity index (χ3n) is 3.70. The van der Waals surface area contributed by atoms with Crippen molar-refractivity contribution in [3.63, 3.8) is 0 Å². The number of carbonyl (C=O) groups excluding carboxylic acids is 2. The maximum Gasteiger partial charge on any atom is 0.350 e. The molecule has 0 N–H and O–H groups in total. The summed E-state index contributed by atoms with van der Waals surface area (Å²) in [6.45, 7) is 0.415. The maximum absolute atomic E-state index is 12.3. The van der Waals surface area contributed by atoms with Crippen molar-refractivity contribution in [2.45, 2.75) is 25.4 Å². The van der Waals surface area contributed by atoms with Crippen LogP contribution in [-0.2, 0) is 37.0 Å². The van der Waals surface area contributed by atoms with Crippen LogP contribution in [0.3, 0.4) is 0 Å². The Hall–Kier alpha value is -2.92. The number of hydrogen-bond acceptors (Lipinski definition) is 5. The third kappa shape index (κ3) is 4.78. The first-order valence-corrected chi connectivity index (χ1v) is 7.97. The van der Waals surface area contributed by atoms with Gasteiger partial charge in [-0.1, -0.05) is 60.7 Å². The van der Waals surface area contributed by atoms with Crippen molar-refractivity contribution >= 4 is 11.9 Å². The number of rotatable bonds is 6. The SMILES string of the molecule is O=C1C=C[C@@H](OCc2ccccc2)[C@@H](C(=O)OCc2ccccc2)O1. The van der Waals surface area contributed by atoms with Crippen LogP contribution in [0.5, 0.6) is 0 Å². The van der Waals surface area contributed by atoms with E-state index in [0.717, 1.165) is 11.1 Å². The van der Waals surface area contributed by atoms with Crippen molar-refractivity contribution in [1.82, 2.24) is 0 Å². The molecule has 0 saturated carbocycles. The number of ether oxygens (including phenoxy) is 3. The zero-order valence-electron chi connectivity index (χ0n) is 13.5. The van der Waals surface area contributed by atoms with Gasteiger partial charge in [-0.15, -0.1) is 0 Å². The normalized spacial score (nSPS) is 19.3. The van der Waals surface area contributed by atoms with Crippen molar-refractivity contribution in [2.75, 3.05) is 0 Å². The topological polar surface area (TPSA) is 61.8 Å². The lowest BCUT2D eigenvalue weighted by Gasteiger charge is -2.26. The molecule has 0 aromatic heterocycles. The molecule has 0 bridgehead atoms. The van der Waals surface area contributed by atoms with Gasteiger partial charge in [0.25, 0.3) is 0 Å². The summed E-state index contributed by atoms with van der Waals surface area (Å²) in [5.74, 6) is -1.21. The lowest BCUT2D eigenvalue weighted by molar-refractivity contribution is -0.176. The molecule has 0 unspecified atom stereocenters. The van der Waals surface area contributed by atoms with Gasteiger partial charge in [-0.05, 0) is 17.2 Å². The molecule has 5 heteroatoms. The van der Waals surface area contributed by atoms with Crippen molar-refractivity contribution in [3.8, 4) is 0 Å². The zero-order valence-corrected chi connectivity index (χ0v) is 13.5. The Morgan fingerprint density at radius 1 is 0.920 bits per heavy atom. The van der Waals surface area contributed by atoms with Crippen molar-refractivity contribution in [3.05, 3.63) is 83.9 Å². The zero-order chi connectivity index (χ0) is 17.5. The van der Waals surface area contributed by atoms with Gasteiger partial charge in [-0.25, -0.2) is 9.59 Å². The largest absolute Gasteiger partial charge is 0.458 e. The minimum absolute atomic E-state index is 0.114.